The largest absolute Gasteiger partial charge is 0.310 e. The molecule has 126 valence electrons. The zero-order valence-electron chi connectivity index (χ0n) is 12.8. The first kappa shape index (κ1) is 15.4. The smallest absolute Gasteiger partial charge is 0.226 e. The van der Waals surface area contributed by atoms with Crippen LogP contribution in [-0.2, 0) is 4.79 Å². The summed E-state index contributed by atoms with van der Waals surface area (Å²) >= 11 is 0. The van der Waals surface area contributed by atoms with Gasteiger partial charge in [-0.2, -0.15) is 5.10 Å². The van der Waals surface area contributed by atoms with Gasteiger partial charge < -0.3 is 5.32 Å². The van der Waals surface area contributed by atoms with Crippen molar-refractivity contribution in [2.75, 3.05) is 5.32 Å². The van der Waals surface area contributed by atoms with E-state index >= 15 is 0 Å². The summed E-state index contributed by atoms with van der Waals surface area (Å²) in [6, 6.07) is 9.09. The summed E-state index contributed by atoms with van der Waals surface area (Å²) < 4.78 is 42.0. The Hall–Kier alpha value is -3.09. The fourth-order valence-electron chi connectivity index (χ4n) is 3.08. The molecular weight excluding hydrogens is 331 g/mol. The van der Waals surface area contributed by atoms with Gasteiger partial charge in [0.2, 0.25) is 5.91 Å². The van der Waals surface area contributed by atoms with Crippen LogP contribution in [0.15, 0.2) is 48.7 Å². The van der Waals surface area contributed by atoms with E-state index in [1.165, 1.54) is 29.1 Å². The second-order valence-corrected chi connectivity index (χ2v) is 5.82. The molecule has 1 N–H and O–H groups in total. The standard InChI is InChI=1S/C18H12F3N3O/c19-11-3-1-2-10(6-11)13-8-17(25)23-18-14(13)9-22-24(18)16-5-4-12(20)7-15(16)21/h1-7,9,13H,8H2,(H,23,25). The van der Waals surface area contributed by atoms with Crippen molar-refractivity contribution in [1.29, 1.82) is 0 Å². The van der Waals surface area contributed by atoms with Gasteiger partial charge in [-0.1, -0.05) is 12.1 Å². The van der Waals surface area contributed by atoms with E-state index < -0.39 is 23.4 Å². The molecule has 1 amide bonds. The van der Waals surface area contributed by atoms with Gasteiger partial charge in [0.05, 0.1) is 6.20 Å². The minimum Gasteiger partial charge on any atom is -0.310 e. The third-order valence-corrected chi connectivity index (χ3v) is 4.21. The summed E-state index contributed by atoms with van der Waals surface area (Å²) in [5.74, 6) is -2.28. The predicted molar refractivity (Wildman–Crippen MR) is 85.0 cm³/mol. The van der Waals surface area contributed by atoms with Crippen LogP contribution in [0.3, 0.4) is 0 Å². The Kier molecular flexibility index (Phi) is 3.56. The summed E-state index contributed by atoms with van der Waals surface area (Å²) in [5.41, 5.74) is 1.30. The lowest BCUT2D eigenvalue weighted by atomic mass is 9.87. The number of nitrogens with zero attached hydrogens (tertiary/aromatic N) is 2. The van der Waals surface area contributed by atoms with Crippen molar-refractivity contribution in [2.24, 2.45) is 0 Å². The van der Waals surface area contributed by atoms with Gasteiger partial charge in [0.25, 0.3) is 0 Å². The summed E-state index contributed by atoms with van der Waals surface area (Å²) in [6.07, 6.45) is 1.64. The quantitative estimate of drug-likeness (QED) is 0.770. The van der Waals surface area contributed by atoms with Gasteiger partial charge in [0, 0.05) is 24.0 Å². The molecule has 0 bridgehead atoms. The highest BCUT2D eigenvalue weighted by atomic mass is 19.1. The molecule has 4 nitrogen and oxygen atoms in total. The van der Waals surface area contributed by atoms with E-state index in [0.29, 0.717) is 16.9 Å². The van der Waals surface area contributed by atoms with E-state index in [2.05, 4.69) is 10.4 Å². The van der Waals surface area contributed by atoms with Crippen LogP contribution in [0.2, 0.25) is 0 Å². The molecule has 0 aliphatic carbocycles. The monoisotopic (exact) mass is 343 g/mol. The van der Waals surface area contributed by atoms with Crippen LogP contribution in [0.25, 0.3) is 5.69 Å². The van der Waals surface area contributed by atoms with Crippen molar-refractivity contribution < 1.29 is 18.0 Å². The SMILES string of the molecule is O=C1CC(c2cccc(F)c2)c2cnn(-c3ccc(F)cc3F)c2N1. The Bertz CT molecular complexity index is 983. The maximum atomic E-state index is 14.1. The zero-order valence-corrected chi connectivity index (χ0v) is 12.8. The maximum absolute atomic E-state index is 14.1. The van der Waals surface area contributed by atoms with Gasteiger partial charge in [-0.05, 0) is 29.8 Å². The zero-order chi connectivity index (χ0) is 17.6. The number of amides is 1. The first-order valence-corrected chi connectivity index (χ1v) is 7.61. The lowest BCUT2D eigenvalue weighted by Crippen LogP contribution is -2.24. The Labute approximate surface area is 140 Å². The van der Waals surface area contributed by atoms with Crippen molar-refractivity contribution in [3.63, 3.8) is 0 Å². The van der Waals surface area contributed by atoms with Gasteiger partial charge in [-0.15, -0.1) is 0 Å². The molecule has 2 heterocycles. The van der Waals surface area contributed by atoms with E-state index in [1.807, 2.05) is 0 Å². The van der Waals surface area contributed by atoms with Crippen LogP contribution >= 0.6 is 0 Å². The number of carbonyl (C=O) groups is 1. The third kappa shape index (κ3) is 2.67. The number of carbonyl (C=O) groups excluding carboxylic acids is 1. The lowest BCUT2D eigenvalue weighted by Gasteiger charge is -2.23. The lowest BCUT2D eigenvalue weighted by molar-refractivity contribution is -0.116. The summed E-state index contributed by atoms with van der Waals surface area (Å²) in [5, 5.41) is 6.81. The average molecular weight is 343 g/mol. The van der Waals surface area contributed by atoms with Crippen molar-refractivity contribution in [2.45, 2.75) is 12.3 Å². The molecule has 2 aromatic carbocycles. The molecule has 0 radical (unpaired) electrons. The molecule has 0 saturated carbocycles. The number of rotatable bonds is 2. The fraction of sp³-hybridized carbons (Fsp3) is 0.111. The number of halogens is 3. The fourth-order valence-corrected chi connectivity index (χ4v) is 3.08. The van der Waals surface area contributed by atoms with Gasteiger partial charge in [0.1, 0.15) is 23.1 Å². The number of anilines is 1. The normalized spacial score (nSPS) is 16.4. The number of hydrogen-bond donors (Lipinski definition) is 1. The molecular formula is C18H12F3N3O. The molecule has 3 aromatic rings. The number of hydrogen-bond acceptors (Lipinski definition) is 2. The average Bonchev–Trinajstić information content (AvgIpc) is 2.97. The molecule has 1 aliphatic heterocycles. The maximum Gasteiger partial charge on any atom is 0.226 e. The highest BCUT2D eigenvalue weighted by Gasteiger charge is 2.31. The topological polar surface area (TPSA) is 46.9 Å². The Morgan fingerprint density at radius 1 is 1.08 bits per heavy atom. The van der Waals surface area contributed by atoms with Crippen LogP contribution in [0.4, 0.5) is 19.0 Å². The summed E-state index contributed by atoms with van der Waals surface area (Å²) in [6.45, 7) is 0. The molecule has 0 fully saturated rings. The number of benzene rings is 2. The van der Waals surface area contributed by atoms with Gasteiger partial charge in [-0.3, -0.25) is 4.79 Å². The molecule has 4 rings (SSSR count). The third-order valence-electron chi connectivity index (χ3n) is 4.21. The molecule has 7 heteroatoms. The minimum atomic E-state index is -0.798. The van der Waals surface area contributed by atoms with Gasteiger partial charge >= 0.3 is 0 Å². The molecule has 1 unspecified atom stereocenters. The van der Waals surface area contributed by atoms with E-state index in [9.17, 15) is 18.0 Å². The van der Waals surface area contributed by atoms with Crippen molar-refractivity contribution in [3.05, 3.63) is 77.2 Å². The molecule has 1 aromatic heterocycles. The Morgan fingerprint density at radius 2 is 1.88 bits per heavy atom. The van der Waals surface area contributed by atoms with Crippen LogP contribution in [0.1, 0.15) is 23.5 Å². The van der Waals surface area contributed by atoms with Crippen molar-refractivity contribution >= 4 is 11.7 Å². The minimum absolute atomic E-state index is 0.0165. The predicted octanol–water partition coefficient (Wildman–Crippen LogP) is 3.76. The van der Waals surface area contributed by atoms with Crippen molar-refractivity contribution in [3.8, 4) is 5.69 Å². The van der Waals surface area contributed by atoms with Crippen molar-refractivity contribution in [1.82, 2.24) is 9.78 Å². The van der Waals surface area contributed by atoms with Crippen LogP contribution < -0.4 is 5.32 Å². The first-order valence-electron chi connectivity index (χ1n) is 7.61. The van der Waals surface area contributed by atoms with Crippen LogP contribution in [0, 0.1) is 17.5 Å². The van der Waals surface area contributed by atoms with Gasteiger partial charge in [0.15, 0.2) is 5.82 Å². The van der Waals surface area contributed by atoms with E-state index in [4.69, 9.17) is 0 Å². The van der Waals surface area contributed by atoms with E-state index in [1.54, 1.807) is 12.1 Å². The highest BCUT2D eigenvalue weighted by Crippen LogP contribution is 2.38. The second-order valence-electron chi connectivity index (χ2n) is 5.82. The Morgan fingerprint density at radius 3 is 2.64 bits per heavy atom. The van der Waals surface area contributed by atoms with Crippen LogP contribution in [-0.4, -0.2) is 15.7 Å². The summed E-state index contributed by atoms with van der Waals surface area (Å²) in [7, 11) is 0. The van der Waals surface area contributed by atoms with E-state index in [-0.39, 0.29) is 18.0 Å². The number of nitrogens with one attached hydrogen (secondary N) is 1. The number of fused-ring (bicyclic) bond motifs is 1. The van der Waals surface area contributed by atoms with Gasteiger partial charge in [-0.25, -0.2) is 17.9 Å². The van der Waals surface area contributed by atoms with Crippen LogP contribution in [0.5, 0.6) is 0 Å². The molecule has 1 aliphatic rings. The molecule has 25 heavy (non-hydrogen) atoms. The molecule has 0 spiro atoms. The number of aromatic nitrogens is 2. The van der Waals surface area contributed by atoms with E-state index in [0.717, 1.165) is 12.1 Å². The highest BCUT2D eigenvalue weighted by molar-refractivity contribution is 5.94. The summed E-state index contributed by atoms with van der Waals surface area (Å²) in [4.78, 5) is 12.1. The molecule has 0 saturated heterocycles. The first-order chi connectivity index (χ1) is 12.0. The second kappa shape index (κ2) is 5.77. The Balaban J connectivity index is 1.84. The molecule has 1 atom stereocenters.